The van der Waals surface area contributed by atoms with Gasteiger partial charge in [0.05, 0.1) is 17.6 Å². The number of hydrogen-bond acceptors (Lipinski definition) is 5. The lowest BCUT2D eigenvalue weighted by Crippen LogP contribution is -2.09. The van der Waals surface area contributed by atoms with Gasteiger partial charge in [0.25, 0.3) is 0 Å². The summed E-state index contributed by atoms with van der Waals surface area (Å²) in [6.07, 6.45) is 2.15. The maximum Gasteiger partial charge on any atom is 0.343 e. The van der Waals surface area contributed by atoms with Gasteiger partial charge >= 0.3 is 5.97 Å². The van der Waals surface area contributed by atoms with Crippen molar-refractivity contribution in [2.45, 2.75) is 6.92 Å². The zero-order valence-corrected chi connectivity index (χ0v) is 12.7. The van der Waals surface area contributed by atoms with Gasteiger partial charge in [-0.3, -0.25) is 10.1 Å². The van der Waals surface area contributed by atoms with Gasteiger partial charge in [-0.25, -0.2) is 4.79 Å². The number of hydrogen-bond donors (Lipinski definition) is 0. The van der Waals surface area contributed by atoms with E-state index in [1.54, 1.807) is 24.3 Å². The van der Waals surface area contributed by atoms with Gasteiger partial charge in [-0.15, -0.1) is 0 Å². The standard InChI is InChI=1S/C17H15NO5/c1-12-3-6-14(7-4-12)17(19)23-15-8-5-13(9-10-18(20)21)11-16(15)22-2/h3-11H,1-2H3/b10-9+. The van der Waals surface area contributed by atoms with E-state index < -0.39 is 10.9 Å². The summed E-state index contributed by atoms with van der Waals surface area (Å²) in [5.41, 5.74) is 2.03. The van der Waals surface area contributed by atoms with Crippen LogP contribution in [-0.2, 0) is 0 Å². The second kappa shape index (κ2) is 7.22. The van der Waals surface area contributed by atoms with Crippen LogP contribution < -0.4 is 9.47 Å². The Balaban J connectivity index is 2.20. The first-order valence-electron chi connectivity index (χ1n) is 6.78. The molecular weight excluding hydrogens is 298 g/mol. The van der Waals surface area contributed by atoms with Crippen LogP contribution in [0.3, 0.4) is 0 Å². The molecule has 0 N–H and O–H groups in total. The van der Waals surface area contributed by atoms with Crippen molar-refractivity contribution in [2.75, 3.05) is 7.11 Å². The summed E-state index contributed by atoms with van der Waals surface area (Å²) in [6.45, 7) is 1.93. The Morgan fingerprint density at radius 1 is 1.13 bits per heavy atom. The first kappa shape index (κ1) is 16.2. The fraction of sp³-hybridized carbons (Fsp3) is 0.118. The molecule has 6 heteroatoms. The van der Waals surface area contributed by atoms with Crippen molar-refractivity contribution in [1.82, 2.24) is 0 Å². The summed E-state index contributed by atoms with van der Waals surface area (Å²) >= 11 is 0. The number of benzene rings is 2. The van der Waals surface area contributed by atoms with Crippen LogP contribution in [0.5, 0.6) is 11.5 Å². The second-order valence-electron chi connectivity index (χ2n) is 4.77. The molecule has 0 atom stereocenters. The number of ether oxygens (including phenoxy) is 2. The van der Waals surface area contributed by atoms with E-state index in [1.165, 1.54) is 19.3 Å². The Labute approximate surface area is 133 Å². The number of carbonyl (C=O) groups excluding carboxylic acids is 1. The van der Waals surface area contributed by atoms with Crippen LogP contribution in [0.2, 0.25) is 0 Å². The van der Waals surface area contributed by atoms with Crippen LogP contribution in [-0.4, -0.2) is 18.0 Å². The number of aryl methyl sites for hydroxylation is 1. The van der Waals surface area contributed by atoms with Crippen molar-refractivity contribution in [3.63, 3.8) is 0 Å². The molecule has 118 valence electrons. The normalized spacial score (nSPS) is 10.5. The highest BCUT2D eigenvalue weighted by atomic mass is 16.6. The zero-order valence-electron chi connectivity index (χ0n) is 12.7. The van der Waals surface area contributed by atoms with Gasteiger partial charge in [-0.1, -0.05) is 23.8 Å². The Morgan fingerprint density at radius 3 is 2.43 bits per heavy atom. The van der Waals surface area contributed by atoms with Gasteiger partial charge in [0, 0.05) is 6.08 Å². The van der Waals surface area contributed by atoms with Crippen molar-refractivity contribution in [3.8, 4) is 11.5 Å². The minimum absolute atomic E-state index is 0.247. The lowest BCUT2D eigenvalue weighted by molar-refractivity contribution is -0.400. The molecule has 0 saturated heterocycles. The highest BCUT2D eigenvalue weighted by Crippen LogP contribution is 2.29. The third kappa shape index (κ3) is 4.41. The molecule has 0 heterocycles. The second-order valence-corrected chi connectivity index (χ2v) is 4.77. The molecule has 0 fully saturated rings. The summed E-state index contributed by atoms with van der Waals surface area (Å²) in [6, 6.07) is 11.7. The minimum Gasteiger partial charge on any atom is -0.493 e. The molecule has 0 amide bonds. The van der Waals surface area contributed by atoms with Crippen LogP contribution in [0.1, 0.15) is 21.5 Å². The molecule has 0 aliphatic carbocycles. The molecule has 0 aliphatic heterocycles. The van der Waals surface area contributed by atoms with Gasteiger partial charge < -0.3 is 9.47 Å². The van der Waals surface area contributed by atoms with E-state index in [9.17, 15) is 14.9 Å². The Kier molecular flexibility index (Phi) is 5.09. The maximum atomic E-state index is 12.1. The predicted octanol–water partition coefficient (Wildman–Crippen LogP) is 3.47. The van der Waals surface area contributed by atoms with E-state index in [4.69, 9.17) is 9.47 Å². The molecule has 23 heavy (non-hydrogen) atoms. The summed E-state index contributed by atoms with van der Waals surface area (Å²) in [7, 11) is 1.43. The largest absolute Gasteiger partial charge is 0.493 e. The monoisotopic (exact) mass is 313 g/mol. The van der Waals surface area contributed by atoms with Gasteiger partial charge in [-0.05, 0) is 36.8 Å². The molecule has 0 radical (unpaired) electrons. The maximum absolute atomic E-state index is 12.1. The first-order valence-corrected chi connectivity index (χ1v) is 6.78. The quantitative estimate of drug-likeness (QED) is 0.365. The van der Waals surface area contributed by atoms with Crippen molar-refractivity contribution >= 4 is 12.0 Å². The van der Waals surface area contributed by atoms with E-state index in [1.807, 2.05) is 19.1 Å². The van der Waals surface area contributed by atoms with Crippen molar-refractivity contribution in [1.29, 1.82) is 0 Å². The SMILES string of the molecule is COc1cc(/C=C/[N+](=O)[O-])ccc1OC(=O)c1ccc(C)cc1. The fourth-order valence-electron chi connectivity index (χ4n) is 1.87. The number of nitro groups is 1. The average Bonchev–Trinajstić information content (AvgIpc) is 2.54. The highest BCUT2D eigenvalue weighted by molar-refractivity contribution is 5.91. The predicted molar refractivity (Wildman–Crippen MR) is 85.2 cm³/mol. The molecule has 0 saturated carbocycles. The smallest absolute Gasteiger partial charge is 0.343 e. The van der Waals surface area contributed by atoms with Crippen LogP contribution in [0.4, 0.5) is 0 Å². The van der Waals surface area contributed by atoms with Gasteiger partial charge in [0.1, 0.15) is 0 Å². The van der Waals surface area contributed by atoms with Crippen LogP contribution in [0.15, 0.2) is 48.7 Å². The molecule has 0 unspecified atom stereocenters. The van der Waals surface area contributed by atoms with Crippen molar-refractivity contribution in [2.24, 2.45) is 0 Å². The lowest BCUT2D eigenvalue weighted by Gasteiger charge is -2.10. The van der Waals surface area contributed by atoms with Gasteiger partial charge in [0.15, 0.2) is 11.5 Å². The summed E-state index contributed by atoms with van der Waals surface area (Å²) in [4.78, 5) is 21.9. The summed E-state index contributed by atoms with van der Waals surface area (Å²) in [5.74, 6) is 0.0594. The molecule has 0 aromatic heterocycles. The van der Waals surface area contributed by atoms with Crippen LogP contribution >= 0.6 is 0 Å². The van der Waals surface area contributed by atoms with Crippen LogP contribution in [0.25, 0.3) is 6.08 Å². The van der Waals surface area contributed by atoms with E-state index >= 15 is 0 Å². The minimum atomic E-state index is -0.558. The molecule has 2 aromatic rings. The molecule has 0 aliphatic rings. The summed E-state index contributed by atoms with van der Waals surface area (Å²) < 4.78 is 10.5. The van der Waals surface area contributed by atoms with Gasteiger partial charge in [0.2, 0.25) is 6.20 Å². The molecule has 0 spiro atoms. The number of carbonyl (C=O) groups is 1. The Bertz CT molecular complexity index is 750. The topological polar surface area (TPSA) is 78.7 Å². The van der Waals surface area contributed by atoms with E-state index in [-0.39, 0.29) is 5.75 Å². The van der Waals surface area contributed by atoms with Crippen molar-refractivity contribution in [3.05, 3.63) is 75.5 Å². The molecule has 0 bridgehead atoms. The molecular formula is C17H15NO5. The fourth-order valence-corrected chi connectivity index (χ4v) is 1.87. The first-order chi connectivity index (χ1) is 11.0. The zero-order chi connectivity index (χ0) is 16.8. The molecule has 2 aromatic carbocycles. The van der Waals surface area contributed by atoms with E-state index in [2.05, 4.69) is 0 Å². The summed E-state index contributed by atoms with van der Waals surface area (Å²) in [5, 5.41) is 10.3. The number of methoxy groups -OCH3 is 1. The van der Waals surface area contributed by atoms with E-state index in [0.29, 0.717) is 16.9 Å². The van der Waals surface area contributed by atoms with Gasteiger partial charge in [-0.2, -0.15) is 0 Å². The number of rotatable bonds is 5. The number of nitrogens with zero attached hydrogens (tertiary/aromatic N) is 1. The van der Waals surface area contributed by atoms with Crippen molar-refractivity contribution < 1.29 is 19.2 Å². The van der Waals surface area contributed by atoms with E-state index in [0.717, 1.165) is 11.8 Å². The molecule has 6 nitrogen and oxygen atoms in total. The molecule has 2 rings (SSSR count). The average molecular weight is 313 g/mol. The Morgan fingerprint density at radius 2 is 1.83 bits per heavy atom. The third-order valence-electron chi connectivity index (χ3n) is 3.07. The lowest BCUT2D eigenvalue weighted by atomic mass is 10.1. The Hall–Kier alpha value is -3.15. The number of esters is 1. The third-order valence-corrected chi connectivity index (χ3v) is 3.07. The van der Waals surface area contributed by atoms with Crippen LogP contribution in [0, 0.1) is 17.0 Å². The highest BCUT2D eigenvalue weighted by Gasteiger charge is 2.12.